The first kappa shape index (κ1) is 13.0. The molecule has 1 atom stereocenters. The molecule has 1 aromatic rings. The summed E-state index contributed by atoms with van der Waals surface area (Å²) >= 11 is 9.00. The van der Waals surface area contributed by atoms with Crippen molar-refractivity contribution in [2.45, 2.75) is 6.92 Å². The molecule has 4 nitrogen and oxygen atoms in total. The summed E-state index contributed by atoms with van der Waals surface area (Å²) < 4.78 is 21.3. The lowest BCUT2D eigenvalue weighted by Crippen LogP contribution is -1.97. The fraction of sp³-hybridized carbons (Fsp3) is 0.250. The third-order valence-corrected chi connectivity index (χ3v) is 3.20. The molecule has 0 aliphatic carbocycles. The molecule has 15 heavy (non-hydrogen) atoms. The topological polar surface area (TPSA) is 55.8 Å². The van der Waals surface area contributed by atoms with Crippen molar-refractivity contribution >= 4 is 35.4 Å². The van der Waals surface area contributed by atoms with Crippen LogP contribution < -0.4 is 4.52 Å². The number of phosphoric ester groups is 1. The molecule has 0 aliphatic rings. The van der Waals surface area contributed by atoms with E-state index in [1.807, 2.05) is 0 Å². The van der Waals surface area contributed by atoms with Crippen molar-refractivity contribution < 1.29 is 18.5 Å². The van der Waals surface area contributed by atoms with Gasteiger partial charge in [-0.05, 0) is 25.1 Å². The van der Waals surface area contributed by atoms with E-state index in [-0.39, 0.29) is 17.4 Å². The van der Waals surface area contributed by atoms with Gasteiger partial charge in [-0.2, -0.15) is 0 Å². The second-order valence-electron chi connectivity index (χ2n) is 2.55. The Labute approximate surface area is 101 Å². The summed E-state index contributed by atoms with van der Waals surface area (Å²) in [5.74, 6) is 0.110. The van der Waals surface area contributed by atoms with Crippen molar-refractivity contribution in [3.63, 3.8) is 0 Å². The minimum absolute atomic E-state index is 0.0852. The molecule has 0 heterocycles. The van der Waals surface area contributed by atoms with Crippen LogP contribution in [0.2, 0.25) is 5.02 Å². The molecule has 1 N–H and O–H groups in total. The molecular formula is C8H9BrClO4P. The zero-order valence-corrected chi connectivity index (χ0v) is 11.1. The zero-order chi connectivity index (χ0) is 11.5. The maximum atomic E-state index is 11.3. The van der Waals surface area contributed by atoms with E-state index in [2.05, 4.69) is 20.5 Å². The average molecular weight is 315 g/mol. The Bertz CT molecular complexity index is 398. The third-order valence-electron chi connectivity index (χ3n) is 1.40. The Balaban J connectivity index is 2.85. The molecule has 0 aliphatic heterocycles. The van der Waals surface area contributed by atoms with E-state index >= 15 is 0 Å². The first-order chi connectivity index (χ1) is 6.94. The van der Waals surface area contributed by atoms with Gasteiger partial charge in [0.25, 0.3) is 0 Å². The number of hydrogen-bond donors (Lipinski definition) is 1. The van der Waals surface area contributed by atoms with E-state index in [0.29, 0.717) is 0 Å². The van der Waals surface area contributed by atoms with E-state index in [1.54, 1.807) is 19.1 Å². The molecule has 84 valence electrons. The van der Waals surface area contributed by atoms with Crippen LogP contribution in [0.25, 0.3) is 0 Å². The summed E-state index contributed by atoms with van der Waals surface area (Å²) in [6.07, 6.45) is 0. The molecule has 0 radical (unpaired) electrons. The summed E-state index contributed by atoms with van der Waals surface area (Å²) in [6.45, 7) is 1.68. The van der Waals surface area contributed by atoms with Gasteiger partial charge in [-0.1, -0.05) is 27.5 Å². The minimum Gasteiger partial charge on any atom is -0.403 e. The number of hydrogen-bond acceptors (Lipinski definition) is 3. The van der Waals surface area contributed by atoms with Gasteiger partial charge in [0, 0.05) is 4.47 Å². The van der Waals surface area contributed by atoms with Crippen LogP contribution in [0.3, 0.4) is 0 Å². The average Bonchev–Trinajstić information content (AvgIpc) is 2.09. The molecule has 0 fully saturated rings. The van der Waals surface area contributed by atoms with E-state index in [4.69, 9.17) is 16.1 Å². The SMILES string of the molecule is CCOP(=O)(O)Oc1ccc(Br)cc1Cl. The molecule has 0 amide bonds. The fourth-order valence-corrected chi connectivity index (χ4v) is 2.42. The van der Waals surface area contributed by atoms with E-state index in [1.165, 1.54) is 6.07 Å². The van der Waals surface area contributed by atoms with Crippen LogP contribution in [-0.2, 0) is 9.09 Å². The van der Waals surface area contributed by atoms with Crippen molar-refractivity contribution in [2.24, 2.45) is 0 Å². The van der Waals surface area contributed by atoms with Crippen LogP contribution in [-0.4, -0.2) is 11.5 Å². The number of rotatable bonds is 4. The van der Waals surface area contributed by atoms with Crippen molar-refractivity contribution in [3.8, 4) is 5.75 Å². The maximum absolute atomic E-state index is 11.3. The van der Waals surface area contributed by atoms with Gasteiger partial charge in [0.05, 0.1) is 11.6 Å². The predicted octanol–water partition coefficient (Wildman–Crippen LogP) is 3.62. The second kappa shape index (κ2) is 5.32. The molecule has 0 saturated carbocycles. The highest BCUT2D eigenvalue weighted by molar-refractivity contribution is 9.10. The Morgan fingerprint density at radius 3 is 2.80 bits per heavy atom. The van der Waals surface area contributed by atoms with Crippen molar-refractivity contribution in [1.29, 1.82) is 0 Å². The summed E-state index contributed by atoms with van der Waals surface area (Å²) in [7, 11) is -4.06. The molecule has 1 unspecified atom stereocenters. The van der Waals surface area contributed by atoms with Crippen LogP contribution in [0.4, 0.5) is 0 Å². The normalized spacial score (nSPS) is 14.7. The first-order valence-corrected chi connectivity index (χ1v) is 6.73. The standard InChI is InChI=1S/C8H9BrClO4P/c1-2-13-15(11,12)14-8-4-3-6(9)5-7(8)10/h3-5H,2H2,1H3,(H,11,12). The minimum atomic E-state index is -4.06. The van der Waals surface area contributed by atoms with Crippen LogP contribution in [0.1, 0.15) is 6.92 Å². The summed E-state index contributed by atoms with van der Waals surface area (Å²) in [4.78, 5) is 9.20. The fourth-order valence-electron chi connectivity index (χ4n) is 0.863. The van der Waals surface area contributed by atoms with Crippen molar-refractivity contribution in [3.05, 3.63) is 27.7 Å². The van der Waals surface area contributed by atoms with E-state index in [9.17, 15) is 9.46 Å². The number of halogens is 2. The van der Waals surface area contributed by atoms with Gasteiger partial charge in [0.2, 0.25) is 0 Å². The quantitative estimate of drug-likeness (QED) is 0.862. The van der Waals surface area contributed by atoms with Crippen LogP contribution in [0.15, 0.2) is 22.7 Å². The van der Waals surface area contributed by atoms with Crippen molar-refractivity contribution in [1.82, 2.24) is 0 Å². The van der Waals surface area contributed by atoms with Crippen LogP contribution in [0.5, 0.6) is 5.75 Å². The lowest BCUT2D eigenvalue weighted by Gasteiger charge is -2.12. The van der Waals surface area contributed by atoms with Gasteiger partial charge in [-0.15, -0.1) is 0 Å². The molecule has 0 bridgehead atoms. The number of phosphoric acid groups is 1. The second-order valence-corrected chi connectivity index (χ2v) is 5.25. The number of benzene rings is 1. The van der Waals surface area contributed by atoms with Crippen LogP contribution in [0, 0.1) is 0 Å². The van der Waals surface area contributed by atoms with Gasteiger partial charge in [-0.3, -0.25) is 9.42 Å². The third kappa shape index (κ3) is 4.13. The molecule has 1 rings (SSSR count). The molecule has 0 spiro atoms. The lowest BCUT2D eigenvalue weighted by atomic mass is 10.3. The highest BCUT2D eigenvalue weighted by Crippen LogP contribution is 2.45. The molecule has 0 aromatic heterocycles. The molecule has 0 saturated heterocycles. The Morgan fingerprint density at radius 1 is 1.60 bits per heavy atom. The van der Waals surface area contributed by atoms with Gasteiger partial charge >= 0.3 is 7.82 Å². The highest BCUT2D eigenvalue weighted by Gasteiger charge is 2.23. The van der Waals surface area contributed by atoms with E-state index < -0.39 is 7.82 Å². The molecule has 7 heteroatoms. The lowest BCUT2D eigenvalue weighted by molar-refractivity contribution is 0.213. The van der Waals surface area contributed by atoms with Crippen LogP contribution >= 0.6 is 35.4 Å². The Morgan fingerprint density at radius 2 is 2.27 bits per heavy atom. The molecule has 1 aromatic carbocycles. The monoisotopic (exact) mass is 314 g/mol. The summed E-state index contributed by atoms with van der Waals surface area (Å²) in [5.41, 5.74) is 0. The molecular weight excluding hydrogens is 306 g/mol. The largest absolute Gasteiger partial charge is 0.527 e. The Hall–Kier alpha value is -0.0600. The smallest absolute Gasteiger partial charge is 0.403 e. The summed E-state index contributed by atoms with van der Waals surface area (Å²) in [6, 6.07) is 4.68. The van der Waals surface area contributed by atoms with Gasteiger partial charge in [0.1, 0.15) is 5.75 Å². The van der Waals surface area contributed by atoms with Gasteiger partial charge in [0.15, 0.2) is 0 Å². The maximum Gasteiger partial charge on any atom is 0.527 e. The predicted molar refractivity (Wildman–Crippen MR) is 61.2 cm³/mol. The first-order valence-electron chi connectivity index (χ1n) is 4.06. The highest BCUT2D eigenvalue weighted by atomic mass is 79.9. The van der Waals surface area contributed by atoms with Gasteiger partial charge < -0.3 is 4.52 Å². The van der Waals surface area contributed by atoms with Crippen molar-refractivity contribution in [2.75, 3.05) is 6.61 Å². The Kier molecular flexibility index (Phi) is 4.62. The summed E-state index contributed by atoms with van der Waals surface area (Å²) in [5, 5.41) is 0.235. The van der Waals surface area contributed by atoms with Gasteiger partial charge in [-0.25, -0.2) is 4.57 Å². The van der Waals surface area contributed by atoms with E-state index in [0.717, 1.165) is 4.47 Å². The zero-order valence-electron chi connectivity index (χ0n) is 7.81.